The second-order valence-corrected chi connectivity index (χ2v) is 4.44. The first-order chi connectivity index (χ1) is 6.07. The lowest BCUT2D eigenvalue weighted by atomic mass is 9.77. The minimum absolute atomic E-state index is 0.0940. The molecule has 0 aromatic rings. The SMILES string of the molecule is COCC(C)N(C)CC1(N)CCC1. The van der Waals surface area contributed by atoms with Crippen LogP contribution < -0.4 is 5.73 Å². The van der Waals surface area contributed by atoms with Crippen LogP contribution in [0, 0.1) is 0 Å². The van der Waals surface area contributed by atoms with Gasteiger partial charge in [0.2, 0.25) is 0 Å². The molecule has 1 saturated carbocycles. The van der Waals surface area contributed by atoms with Crippen LogP contribution in [-0.2, 0) is 4.74 Å². The summed E-state index contributed by atoms with van der Waals surface area (Å²) in [6.45, 7) is 3.95. The smallest absolute Gasteiger partial charge is 0.0615 e. The predicted octanol–water partition coefficient (Wildman–Crippen LogP) is 0.834. The Balaban J connectivity index is 2.26. The fraction of sp³-hybridized carbons (Fsp3) is 1.00. The van der Waals surface area contributed by atoms with Crippen LogP contribution in [0.1, 0.15) is 26.2 Å². The largest absolute Gasteiger partial charge is 0.383 e. The second-order valence-electron chi connectivity index (χ2n) is 4.44. The first-order valence-electron chi connectivity index (χ1n) is 5.05. The molecule has 1 fully saturated rings. The Bertz CT molecular complexity index is 157. The Kier molecular flexibility index (Phi) is 3.71. The lowest BCUT2D eigenvalue weighted by molar-refractivity contribution is 0.0822. The highest BCUT2D eigenvalue weighted by atomic mass is 16.5. The van der Waals surface area contributed by atoms with Gasteiger partial charge < -0.3 is 10.5 Å². The molecule has 0 radical (unpaired) electrons. The van der Waals surface area contributed by atoms with E-state index in [1.807, 2.05) is 0 Å². The second kappa shape index (κ2) is 4.40. The molecule has 0 saturated heterocycles. The molecular weight excluding hydrogens is 164 g/mol. The van der Waals surface area contributed by atoms with Gasteiger partial charge in [0, 0.05) is 25.2 Å². The minimum Gasteiger partial charge on any atom is -0.383 e. The number of nitrogens with two attached hydrogens (primary N) is 1. The Hall–Kier alpha value is -0.120. The van der Waals surface area contributed by atoms with Crippen LogP contribution in [0.5, 0.6) is 0 Å². The minimum atomic E-state index is 0.0940. The fourth-order valence-electron chi connectivity index (χ4n) is 1.81. The van der Waals surface area contributed by atoms with Crippen LogP contribution in [0.15, 0.2) is 0 Å². The van der Waals surface area contributed by atoms with Gasteiger partial charge in [0.15, 0.2) is 0 Å². The van der Waals surface area contributed by atoms with Crippen LogP contribution in [-0.4, -0.2) is 43.8 Å². The van der Waals surface area contributed by atoms with E-state index >= 15 is 0 Å². The van der Waals surface area contributed by atoms with E-state index in [1.54, 1.807) is 7.11 Å². The average molecular weight is 186 g/mol. The maximum atomic E-state index is 6.16. The number of methoxy groups -OCH3 is 1. The molecule has 0 spiro atoms. The molecule has 1 atom stereocenters. The lowest BCUT2D eigenvalue weighted by Gasteiger charge is -2.42. The third-order valence-corrected chi connectivity index (χ3v) is 3.07. The van der Waals surface area contributed by atoms with Gasteiger partial charge in [-0.15, -0.1) is 0 Å². The van der Waals surface area contributed by atoms with Gasteiger partial charge >= 0.3 is 0 Å². The summed E-state index contributed by atoms with van der Waals surface area (Å²) in [6.07, 6.45) is 3.65. The van der Waals surface area contributed by atoms with Gasteiger partial charge in [0.1, 0.15) is 0 Å². The third kappa shape index (κ3) is 2.93. The predicted molar refractivity (Wildman–Crippen MR) is 54.7 cm³/mol. The molecule has 3 nitrogen and oxygen atoms in total. The molecule has 78 valence electrons. The van der Waals surface area contributed by atoms with Crippen molar-refractivity contribution < 1.29 is 4.74 Å². The van der Waals surface area contributed by atoms with Gasteiger partial charge in [0.05, 0.1) is 6.61 Å². The van der Waals surface area contributed by atoms with Crippen molar-refractivity contribution in [1.29, 1.82) is 0 Å². The molecule has 1 aliphatic rings. The summed E-state index contributed by atoms with van der Waals surface area (Å²) in [4.78, 5) is 2.29. The number of likely N-dealkylation sites (N-methyl/N-ethyl adjacent to an activating group) is 1. The Morgan fingerprint density at radius 2 is 2.15 bits per heavy atom. The summed E-state index contributed by atoms with van der Waals surface area (Å²) in [7, 11) is 3.86. The molecule has 0 bridgehead atoms. The van der Waals surface area contributed by atoms with Crippen LogP contribution in [0.2, 0.25) is 0 Å². The highest BCUT2D eigenvalue weighted by molar-refractivity contribution is 4.95. The van der Waals surface area contributed by atoms with Crippen molar-refractivity contribution in [3.8, 4) is 0 Å². The molecule has 0 amide bonds. The van der Waals surface area contributed by atoms with Crippen LogP contribution in [0.3, 0.4) is 0 Å². The van der Waals surface area contributed by atoms with Crippen LogP contribution >= 0.6 is 0 Å². The van der Waals surface area contributed by atoms with E-state index < -0.39 is 0 Å². The molecule has 2 N–H and O–H groups in total. The van der Waals surface area contributed by atoms with E-state index in [9.17, 15) is 0 Å². The Labute approximate surface area is 81.2 Å². The topological polar surface area (TPSA) is 38.5 Å². The first-order valence-corrected chi connectivity index (χ1v) is 5.05. The van der Waals surface area contributed by atoms with Gasteiger partial charge in [-0.1, -0.05) is 0 Å². The number of rotatable bonds is 5. The highest BCUT2D eigenvalue weighted by Gasteiger charge is 2.34. The van der Waals surface area contributed by atoms with E-state index in [1.165, 1.54) is 19.3 Å². The number of ether oxygens (including phenoxy) is 1. The zero-order valence-corrected chi connectivity index (χ0v) is 9.05. The highest BCUT2D eigenvalue weighted by Crippen LogP contribution is 2.29. The average Bonchev–Trinajstić information content (AvgIpc) is 2.02. The summed E-state index contributed by atoms with van der Waals surface area (Å²) in [5.41, 5.74) is 6.25. The van der Waals surface area contributed by atoms with E-state index in [2.05, 4.69) is 18.9 Å². The molecule has 13 heavy (non-hydrogen) atoms. The van der Waals surface area contributed by atoms with E-state index in [-0.39, 0.29) is 5.54 Å². The molecule has 0 heterocycles. The number of hydrogen-bond acceptors (Lipinski definition) is 3. The molecule has 0 aliphatic heterocycles. The lowest BCUT2D eigenvalue weighted by Crippen LogP contribution is -2.56. The van der Waals surface area contributed by atoms with Crippen molar-refractivity contribution in [3.05, 3.63) is 0 Å². The monoisotopic (exact) mass is 186 g/mol. The summed E-state index contributed by atoms with van der Waals surface area (Å²) >= 11 is 0. The summed E-state index contributed by atoms with van der Waals surface area (Å²) < 4.78 is 5.11. The Morgan fingerprint density at radius 1 is 1.54 bits per heavy atom. The maximum Gasteiger partial charge on any atom is 0.0615 e. The summed E-state index contributed by atoms with van der Waals surface area (Å²) in [5.74, 6) is 0. The normalized spacial score (nSPS) is 22.8. The van der Waals surface area contributed by atoms with Crippen molar-refractivity contribution >= 4 is 0 Å². The zero-order chi connectivity index (χ0) is 9.90. The molecule has 0 aromatic heterocycles. The van der Waals surface area contributed by atoms with Crippen molar-refractivity contribution in [3.63, 3.8) is 0 Å². The van der Waals surface area contributed by atoms with Gasteiger partial charge in [-0.25, -0.2) is 0 Å². The van der Waals surface area contributed by atoms with Crippen LogP contribution in [0.25, 0.3) is 0 Å². The van der Waals surface area contributed by atoms with Crippen molar-refractivity contribution in [2.45, 2.75) is 37.8 Å². The van der Waals surface area contributed by atoms with Gasteiger partial charge in [0.25, 0.3) is 0 Å². The van der Waals surface area contributed by atoms with E-state index in [0.29, 0.717) is 6.04 Å². The molecular formula is C10H22N2O. The van der Waals surface area contributed by atoms with Gasteiger partial charge in [-0.2, -0.15) is 0 Å². The van der Waals surface area contributed by atoms with Crippen molar-refractivity contribution in [1.82, 2.24) is 4.90 Å². The first kappa shape index (κ1) is 11.0. The summed E-state index contributed by atoms with van der Waals surface area (Å²) in [6, 6.07) is 0.464. The number of nitrogens with zero attached hydrogens (tertiary/aromatic N) is 1. The Morgan fingerprint density at radius 3 is 2.54 bits per heavy atom. The molecule has 0 aromatic carbocycles. The molecule has 1 aliphatic carbocycles. The molecule has 1 unspecified atom stereocenters. The third-order valence-electron chi connectivity index (χ3n) is 3.07. The zero-order valence-electron chi connectivity index (χ0n) is 9.05. The van der Waals surface area contributed by atoms with Crippen molar-refractivity contribution in [2.75, 3.05) is 27.3 Å². The van der Waals surface area contributed by atoms with E-state index in [4.69, 9.17) is 10.5 Å². The van der Waals surface area contributed by atoms with Crippen LogP contribution in [0.4, 0.5) is 0 Å². The molecule has 1 rings (SSSR count). The van der Waals surface area contributed by atoms with Gasteiger partial charge in [-0.3, -0.25) is 4.90 Å². The van der Waals surface area contributed by atoms with E-state index in [0.717, 1.165) is 13.2 Å². The quantitative estimate of drug-likeness (QED) is 0.691. The maximum absolute atomic E-state index is 6.16. The number of hydrogen-bond donors (Lipinski definition) is 1. The van der Waals surface area contributed by atoms with Gasteiger partial charge in [-0.05, 0) is 33.2 Å². The summed E-state index contributed by atoms with van der Waals surface area (Å²) in [5, 5.41) is 0. The van der Waals surface area contributed by atoms with Crippen molar-refractivity contribution in [2.24, 2.45) is 5.73 Å². The fourth-order valence-corrected chi connectivity index (χ4v) is 1.81. The molecule has 3 heteroatoms. The standard InChI is InChI=1S/C10H22N2O/c1-9(7-13-3)12(2)8-10(11)5-4-6-10/h9H,4-8,11H2,1-3H3.